The lowest BCUT2D eigenvalue weighted by Gasteiger charge is -2.17. The molecule has 0 unspecified atom stereocenters. The first-order valence-electron chi connectivity index (χ1n) is 9.33. The van der Waals surface area contributed by atoms with Gasteiger partial charge in [-0.1, -0.05) is 54.1 Å². The molecular weight excluding hydrogens is 438 g/mol. The predicted molar refractivity (Wildman–Crippen MR) is 120 cm³/mol. The number of anilines is 1. The van der Waals surface area contributed by atoms with Crippen LogP contribution in [0.5, 0.6) is 0 Å². The van der Waals surface area contributed by atoms with Crippen LogP contribution in [0.15, 0.2) is 54.6 Å². The van der Waals surface area contributed by atoms with Crippen molar-refractivity contribution in [1.82, 2.24) is 9.88 Å². The Morgan fingerprint density at radius 1 is 1.10 bits per heavy atom. The molecule has 0 atom stereocenters. The Bertz CT molecular complexity index is 1100. The predicted octanol–water partition coefficient (Wildman–Crippen LogP) is 4.03. The van der Waals surface area contributed by atoms with Crippen LogP contribution in [-0.4, -0.2) is 47.9 Å². The zero-order valence-corrected chi connectivity index (χ0v) is 18.5. The Hall–Kier alpha value is -3.23. The number of carbonyl (C=O) groups is 3. The van der Waals surface area contributed by atoms with E-state index in [0.29, 0.717) is 26.3 Å². The normalized spacial score (nSPS) is 10.4. The van der Waals surface area contributed by atoms with E-state index in [1.165, 1.54) is 23.3 Å². The van der Waals surface area contributed by atoms with Crippen molar-refractivity contribution in [3.63, 3.8) is 0 Å². The second kappa shape index (κ2) is 10.2. The van der Waals surface area contributed by atoms with E-state index in [9.17, 15) is 14.4 Å². The minimum atomic E-state index is -0.626. The molecule has 2 aromatic carbocycles. The number of aryl methyl sites for hydroxylation is 1. The first kappa shape index (κ1) is 22.5. The summed E-state index contributed by atoms with van der Waals surface area (Å²) < 4.78 is 5.15. The molecule has 2 amide bonds. The monoisotopic (exact) mass is 457 g/mol. The van der Waals surface area contributed by atoms with Gasteiger partial charge in [0.15, 0.2) is 6.61 Å². The number of amides is 2. The molecule has 0 aliphatic heterocycles. The maximum atomic E-state index is 12.4. The van der Waals surface area contributed by atoms with Gasteiger partial charge in [-0.25, -0.2) is 9.78 Å². The van der Waals surface area contributed by atoms with Crippen molar-refractivity contribution >= 4 is 46.4 Å². The number of carbonyl (C=O) groups excluding carboxylic acids is 3. The fourth-order valence-corrected chi connectivity index (χ4v) is 3.80. The Labute approximate surface area is 188 Å². The number of aromatic nitrogens is 1. The number of esters is 1. The molecule has 3 rings (SSSR count). The van der Waals surface area contributed by atoms with Gasteiger partial charge in [-0.2, -0.15) is 0 Å². The van der Waals surface area contributed by atoms with E-state index in [4.69, 9.17) is 16.3 Å². The van der Waals surface area contributed by atoms with Crippen molar-refractivity contribution in [3.8, 4) is 10.6 Å². The molecule has 0 aliphatic carbocycles. The molecule has 9 heteroatoms. The van der Waals surface area contributed by atoms with Crippen LogP contribution in [0, 0.1) is 6.92 Å². The van der Waals surface area contributed by atoms with Crippen molar-refractivity contribution in [3.05, 3.63) is 70.2 Å². The molecule has 0 saturated heterocycles. The van der Waals surface area contributed by atoms with E-state index in [1.54, 1.807) is 31.2 Å². The van der Waals surface area contributed by atoms with Crippen LogP contribution in [0.25, 0.3) is 10.6 Å². The van der Waals surface area contributed by atoms with E-state index in [-0.39, 0.29) is 6.54 Å². The highest BCUT2D eigenvalue weighted by atomic mass is 35.5. The van der Waals surface area contributed by atoms with Crippen molar-refractivity contribution < 1.29 is 19.1 Å². The highest BCUT2D eigenvalue weighted by molar-refractivity contribution is 7.17. The fraction of sp³-hybridized carbons (Fsp3) is 0.182. The maximum Gasteiger partial charge on any atom is 0.350 e. The summed E-state index contributed by atoms with van der Waals surface area (Å²) in [5, 5.41) is 3.73. The Kier molecular flexibility index (Phi) is 7.38. The van der Waals surface area contributed by atoms with E-state index in [2.05, 4.69) is 10.3 Å². The van der Waals surface area contributed by atoms with Crippen LogP contribution in [0.1, 0.15) is 15.4 Å². The molecule has 0 bridgehead atoms. The van der Waals surface area contributed by atoms with Gasteiger partial charge in [0, 0.05) is 12.6 Å². The molecular formula is C22H20ClN3O4S. The van der Waals surface area contributed by atoms with Crippen molar-refractivity contribution in [2.45, 2.75) is 6.92 Å². The number of likely N-dealkylation sites (N-methyl/N-ethyl adjacent to an activating group) is 1. The zero-order valence-electron chi connectivity index (χ0n) is 16.9. The minimum absolute atomic E-state index is 0.209. The third-order valence-electron chi connectivity index (χ3n) is 4.28. The summed E-state index contributed by atoms with van der Waals surface area (Å²) in [6.45, 7) is 1.03. The molecule has 0 saturated carbocycles. The molecule has 3 aromatic rings. The highest BCUT2D eigenvalue weighted by Crippen LogP contribution is 2.28. The smallest absolute Gasteiger partial charge is 0.350 e. The van der Waals surface area contributed by atoms with Gasteiger partial charge in [0.05, 0.1) is 22.9 Å². The summed E-state index contributed by atoms with van der Waals surface area (Å²) in [7, 11) is 1.45. The van der Waals surface area contributed by atoms with Crippen LogP contribution < -0.4 is 5.32 Å². The number of nitrogens with one attached hydrogen (secondary N) is 1. The van der Waals surface area contributed by atoms with Crippen LogP contribution >= 0.6 is 22.9 Å². The fourth-order valence-electron chi connectivity index (χ4n) is 2.65. The molecule has 1 aromatic heterocycles. The number of thiazole rings is 1. The molecule has 0 spiro atoms. The Morgan fingerprint density at radius 3 is 2.48 bits per heavy atom. The van der Waals surface area contributed by atoms with Gasteiger partial charge in [-0.05, 0) is 19.1 Å². The SMILES string of the molecule is Cc1nc(-c2ccccc2)sc1C(=O)OCC(=O)N(C)CC(=O)Nc1ccccc1Cl. The number of hydrogen-bond donors (Lipinski definition) is 1. The molecule has 0 aliphatic rings. The summed E-state index contributed by atoms with van der Waals surface area (Å²) in [4.78, 5) is 42.8. The van der Waals surface area contributed by atoms with Gasteiger partial charge in [0.1, 0.15) is 9.88 Å². The average molecular weight is 458 g/mol. The first-order valence-corrected chi connectivity index (χ1v) is 10.5. The second-order valence-electron chi connectivity index (χ2n) is 6.65. The lowest BCUT2D eigenvalue weighted by Crippen LogP contribution is -2.37. The topological polar surface area (TPSA) is 88.6 Å². The van der Waals surface area contributed by atoms with Crippen LogP contribution in [0.3, 0.4) is 0 Å². The number of hydrogen-bond acceptors (Lipinski definition) is 6. The maximum absolute atomic E-state index is 12.4. The zero-order chi connectivity index (χ0) is 22.4. The van der Waals surface area contributed by atoms with Crippen LogP contribution in [-0.2, 0) is 14.3 Å². The molecule has 1 heterocycles. The van der Waals surface area contributed by atoms with Gasteiger partial charge in [0.25, 0.3) is 5.91 Å². The molecule has 160 valence electrons. The first-order chi connectivity index (χ1) is 14.8. The Balaban J connectivity index is 1.53. The molecule has 7 nitrogen and oxygen atoms in total. The standard InChI is InChI=1S/C22H20ClN3O4S/c1-14-20(31-21(24-14)15-8-4-3-5-9-15)22(29)30-13-19(28)26(2)12-18(27)25-17-11-7-6-10-16(17)23/h3-11H,12-13H2,1-2H3,(H,25,27). The number of nitrogens with zero attached hydrogens (tertiary/aromatic N) is 2. The number of benzene rings is 2. The van der Waals surface area contributed by atoms with Gasteiger partial charge >= 0.3 is 5.97 Å². The van der Waals surface area contributed by atoms with Crippen molar-refractivity contribution in [1.29, 1.82) is 0 Å². The molecule has 31 heavy (non-hydrogen) atoms. The summed E-state index contributed by atoms with van der Waals surface area (Å²) >= 11 is 7.21. The minimum Gasteiger partial charge on any atom is -0.451 e. The summed E-state index contributed by atoms with van der Waals surface area (Å²) in [5.41, 5.74) is 1.89. The van der Waals surface area contributed by atoms with E-state index in [0.717, 1.165) is 5.56 Å². The quantitative estimate of drug-likeness (QED) is 0.541. The van der Waals surface area contributed by atoms with Crippen LogP contribution in [0.4, 0.5) is 5.69 Å². The summed E-state index contributed by atoms with van der Waals surface area (Å²) in [5.74, 6) is -1.55. The van der Waals surface area contributed by atoms with E-state index >= 15 is 0 Å². The van der Waals surface area contributed by atoms with Crippen molar-refractivity contribution in [2.24, 2.45) is 0 Å². The lowest BCUT2D eigenvalue weighted by atomic mass is 10.2. The number of para-hydroxylation sites is 1. The molecule has 0 radical (unpaired) electrons. The number of rotatable bonds is 7. The van der Waals surface area contributed by atoms with Gasteiger partial charge in [0.2, 0.25) is 5.91 Å². The van der Waals surface area contributed by atoms with E-state index in [1.807, 2.05) is 30.3 Å². The van der Waals surface area contributed by atoms with Crippen molar-refractivity contribution in [2.75, 3.05) is 25.5 Å². The van der Waals surface area contributed by atoms with Gasteiger partial charge in [-0.3, -0.25) is 9.59 Å². The lowest BCUT2D eigenvalue weighted by molar-refractivity contribution is -0.136. The molecule has 0 fully saturated rings. The van der Waals surface area contributed by atoms with Gasteiger partial charge < -0.3 is 15.0 Å². The second-order valence-corrected chi connectivity index (χ2v) is 8.06. The third-order valence-corrected chi connectivity index (χ3v) is 5.80. The number of ether oxygens (including phenoxy) is 1. The summed E-state index contributed by atoms with van der Waals surface area (Å²) in [6.07, 6.45) is 0. The van der Waals surface area contributed by atoms with Crippen LogP contribution in [0.2, 0.25) is 5.02 Å². The van der Waals surface area contributed by atoms with Gasteiger partial charge in [-0.15, -0.1) is 11.3 Å². The third kappa shape index (κ3) is 5.90. The largest absolute Gasteiger partial charge is 0.451 e. The number of halogens is 1. The Morgan fingerprint density at radius 2 is 1.77 bits per heavy atom. The average Bonchev–Trinajstić information content (AvgIpc) is 3.15. The highest BCUT2D eigenvalue weighted by Gasteiger charge is 2.20. The molecule has 1 N–H and O–H groups in total. The summed E-state index contributed by atoms with van der Waals surface area (Å²) in [6, 6.07) is 16.3. The van der Waals surface area contributed by atoms with E-state index < -0.39 is 24.4 Å².